The first-order valence-corrected chi connectivity index (χ1v) is 12.6. The summed E-state index contributed by atoms with van der Waals surface area (Å²) in [5, 5.41) is 6.42. The fraction of sp³-hybridized carbons (Fsp3) is 0.208. The predicted molar refractivity (Wildman–Crippen MR) is 136 cm³/mol. The van der Waals surface area contributed by atoms with Crippen LogP contribution in [0, 0.1) is 5.92 Å². The average Bonchev–Trinajstić information content (AvgIpc) is 3.34. The molecule has 0 saturated carbocycles. The summed E-state index contributed by atoms with van der Waals surface area (Å²) in [7, 11) is 0. The molecule has 4 aromatic rings. The van der Waals surface area contributed by atoms with Crippen LogP contribution in [0.15, 0.2) is 35.7 Å². The van der Waals surface area contributed by atoms with Gasteiger partial charge in [-0.25, -0.2) is 4.98 Å². The molecule has 1 unspecified atom stereocenters. The van der Waals surface area contributed by atoms with Crippen molar-refractivity contribution in [2.45, 2.75) is 26.2 Å². The predicted octanol–water partition coefficient (Wildman–Crippen LogP) is 5.74. The second-order valence-electron chi connectivity index (χ2n) is 8.32. The van der Waals surface area contributed by atoms with Gasteiger partial charge < -0.3 is 16.8 Å². The Morgan fingerprint density at radius 3 is 2.73 bits per heavy atom. The number of rotatable bonds is 4. The molecular formula is C24H21ClN4O2S2. The lowest BCUT2D eigenvalue weighted by Gasteiger charge is -2.20. The number of amides is 2. The van der Waals surface area contributed by atoms with Crippen LogP contribution < -0.4 is 16.8 Å². The number of carbonyl (C=O) groups excluding carboxylic acids is 2. The highest BCUT2D eigenvalue weighted by Gasteiger charge is 2.25. The Balaban J connectivity index is 1.49. The van der Waals surface area contributed by atoms with E-state index in [1.54, 1.807) is 29.6 Å². The van der Waals surface area contributed by atoms with E-state index in [2.05, 4.69) is 18.3 Å². The lowest BCUT2D eigenvalue weighted by atomic mass is 9.87. The van der Waals surface area contributed by atoms with Crippen molar-refractivity contribution >= 4 is 67.0 Å². The molecule has 2 amide bonds. The van der Waals surface area contributed by atoms with E-state index in [-0.39, 0.29) is 11.5 Å². The Morgan fingerprint density at radius 2 is 2.00 bits per heavy atom. The van der Waals surface area contributed by atoms with E-state index in [0.717, 1.165) is 40.7 Å². The van der Waals surface area contributed by atoms with Crippen molar-refractivity contribution in [3.63, 3.8) is 0 Å². The number of halogens is 1. The largest absolute Gasteiger partial charge is 0.397 e. The molecule has 1 aliphatic rings. The highest BCUT2D eigenvalue weighted by Crippen LogP contribution is 2.39. The Kier molecular flexibility index (Phi) is 5.60. The third-order valence-corrected chi connectivity index (χ3v) is 8.22. The zero-order valence-electron chi connectivity index (χ0n) is 17.8. The van der Waals surface area contributed by atoms with Gasteiger partial charge in [0.1, 0.15) is 14.7 Å². The number of hydrogen-bond donors (Lipinski definition) is 3. The van der Waals surface area contributed by atoms with Crippen LogP contribution in [0.5, 0.6) is 0 Å². The van der Waals surface area contributed by atoms with Crippen LogP contribution in [0.25, 0.3) is 21.3 Å². The number of aromatic nitrogens is 1. The van der Waals surface area contributed by atoms with Crippen molar-refractivity contribution < 1.29 is 9.59 Å². The summed E-state index contributed by atoms with van der Waals surface area (Å²) < 4.78 is 0. The monoisotopic (exact) mass is 496 g/mol. The zero-order chi connectivity index (χ0) is 23.3. The molecule has 0 fully saturated rings. The van der Waals surface area contributed by atoms with Gasteiger partial charge in [0.25, 0.3) is 11.8 Å². The van der Waals surface area contributed by atoms with E-state index < -0.39 is 5.91 Å². The molecular weight excluding hydrogens is 476 g/mol. The summed E-state index contributed by atoms with van der Waals surface area (Å²) in [6.07, 6.45) is 3.03. The van der Waals surface area contributed by atoms with Crippen LogP contribution in [0.1, 0.15) is 44.6 Å². The number of anilines is 2. The van der Waals surface area contributed by atoms with Crippen molar-refractivity contribution in [2.75, 3.05) is 11.1 Å². The molecule has 168 valence electrons. The first-order chi connectivity index (χ1) is 15.8. The number of fused-ring (bicyclic) bond motifs is 2. The molecule has 9 heteroatoms. The summed E-state index contributed by atoms with van der Waals surface area (Å²) in [5.41, 5.74) is 16.5. The van der Waals surface area contributed by atoms with Crippen LogP contribution in [-0.4, -0.2) is 16.8 Å². The average molecular weight is 497 g/mol. The zero-order valence-corrected chi connectivity index (χ0v) is 20.2. The van der Waals surface area contributed by atoms with Crippen molar-refractivity contribution in [3.05, 3.63) is 62.4 Å². The molecule has 1 atom stereocenters. The van der Waals surface area contributed by atoms with E-state index >= 15 is 0 Å². The topological polar surface area (TPSA) is 111 Å². The number of nitrogen functional groups attached to an aromatic ring is 1. The van der Waals surface area contributed by atoms with Gasteiger partial charge in [-0.15, -0.1) is 22.7 Å². The number of benzene rings is 1. The number of hydrogen-bond acceptors (Lipinski definition) is 6. The van der Waals surface area contributed by atoms with Crippen molar-refractivity contribution in [1.29, 1.82) is 0 Å². The number of nitrogens with one attached hydrogen (secondary N) is 1. The molecule has 0 aliphatic heterocycles. The van der Waals surface area contributed by atoms with Gasteiger partial charge in [-0.2, -0.15) is 0 Å². The first kappa shape index (κ1) is 21.9. The minimum Gasteiger partial charge on any atom is -0.397 e. The lowest BCUT2D eigenvalue weighted by molar-refractivity contribution is 0.100. The quantitative estimate of drug-likeness (QED) is 0.334. The SMILES string of the molecule is CC1CCc2nc3sc(C(=O)Nc4scc(-c5ccc(Cl)cc5)c4C(N)=O)c(N)c3cc2C1. The van der Waals surface area contributed by atoms with Gasteiger partial charge in [0.05, 0.1) is 11.3 Å². The molecule has 1 aliphatic carbocycles. The minimum absolute atomic E-state index is 0.262. The first-order valence-electron chi connectivity index (χ1n) is 10.5. The molecule has 0 saturated heterocycles. The molecule has 3 heterocycles. The molecule has 33 heavy (non-hydrogen) atoms. The second kappa shape index (κ2) is 8.44. The molecule has 5 N–H and O–H groups in total. The van der Waals surface area contributed by atoms with E-state index in [1.165, 1.54) is 28.2 Å². The number of nitrogens with zero attached hydrogens (tertiary/aromatic N) is 1. The third kappa shape index (κ3) is 3.99. The number of carbonyl (C=O) groups is 2. The number of pyridine rings is 1. The van der Waals surface area contributed by atoms with E-state index in [4.69, 9.17) is 28.1 Å². The van der Waals surface area contributed by atoms with Crippen molar-refractivity contribution in [2.24, 2.45) is 11.7 Å². The Hall–Kier alpha value is -2.94. The Bertz CT molecular complexity index is 1410. The van der Waals surface area contributed by atoms with Gasteiger partial charge in [-0.05, 0) is 54.5 Å². The second-order valence-corrected chi connectivity index (χ2v) is 10.6. The number of primary amides is 1. The van der Waals surface area contributed by atoms with Gasteiger partial charge in [0.2, 0.25) is 0 Å². The van der Waals surface area contributed by atoms with E-state index in [1.807, 2.05) is 0 Å². The fourth-order valence-corrected chi connectivity index (χ4v) is 6.32. The Morgan fingerprint density at radius 1 is 1.24 bits per heavy atom. The number of thiophene rings is 2. The van der Waals surface area contributed by atoms with Gasteiger partial charge >= 0.3 is 0 Å². The van der Waals surface area contributed by atoms with Crippen molar-refractivity contribution in [3.8, 4) is 11.1 Å². The molecule has 1 aromatic carbocycles. The van der Waals surface area contributed by atoms with Gasteiger partial charge in [0, 0.05) is 27.0 Å². The van der Waals surface area contributed by atoms with Gasteiger partial charge in [-0.3, -0.25) is 9.59 Å². The molecule has 0 radical (unpaired) electrons. The standard InChI is InChI=1S/C24H21ClN4O2S2/c1-11-2-7-17-13(8-11)9-15-19(26)20(33-23(15)28-17)22(31)29-24-18(21(27)30)16(10-32-24)12-3-5-14(25)6-4-12/h3-6,9-11H,2,7-8,26H2,1H3,(H2,27,30)(H,29,31). The maximum Gasteiger partial charge on any atom is 0.268 e. The normalized spacial score (nSPS) is 15.4. The minimum atomic E-state index is -0.621. The van der Waals surface area contributed by atoms with Crippen molar-refractivity contribution in [1.82, 2.24) is 4.98 Å². The highest BCUT2D eigenvalue weighted by atomic mass is 35.5. The maximum atomic E-state index is 13.2. The fourth-order valence-electron chi connectivity index (χ4n) is 4.24. The van der Waals surface area contributed by atoms with Gasteiger partial charge in [-0.1, -0.05) is 30.7 Å². The van der Waals surface area contributed by atoms with Crippen LogP contribution in [0.4, 0.5) is 10.7 Å². The summed E-state index contributed by atoms with van der Waals surface area (Å²) in [6, 6.07) is 9.17. The lowest BCUT2D eigenvalue weighted by Crippen LogP contribution is -2.17. The maximum absolute atomic E-state index is 13.2. The van der Waals surface area contributed by atoms with Crippen LogP contribution in [-0.2, 0) is 12.8 Å². The smallest absolute Gasteiger partial charge is 0.268 e. The van der Waals surface area contributed by atoms with Crippen LogP contribution >= 0.6 is 34.3 Å². The molecule has 5 rings (SSSR count). The van der Waals surface area contributed by atoms with Crippen LogP contribution in [0.2, 0.25) is 5.02 Å². The summed E-state index contributed by atoms with van der Waals surface area (Å²) in [6.45, 7) is 2.23. The van der Waals surface area contributed by atoms with Gasteiger partial charge in [0.15, 0.2) is 0 Å². The molecule has 0 bridgehead atoms. The van der Waals surface area contributed by atoms with E-state index in [0.29, 0.717) is 32.1 Å². The third-order valence-electron chi connectivity index (χ3n) is 5.96. The summed E-state index contributed by atoms with van der Waals surface area (Å²) in [4.78, 5) is 31.4. The summed E-state index contributed by atoms with van der Waals surface area (Å²) >= 11 is 8.49. The Labute approximate surface area is 203 Å². The highest BCUT2D eigenvalue weighted by molar-refractivity contribution is 7.21. The van der Waals surface area contributed by atoms with Crippen LogP contribution in [0.3, 0.4) is 0 Å². The number of nitrogens with two attached hydrogens (primary N) is 2. The molecule has 0 spiro atoms. The van der Waals surface area contributed by atoms with E-state index in [9.17, 15) is 9.59 Å². The molecule has 6 nitrogen and oxygen atoms in total. The molecule has 3 aromatic heterocycles. The summed E-state index contributed by atoms with van der Waals surface area (Å²) in [5.74, 6) is -0.390. The number of aryl methyl sites for hydroxylation is 1.